The fraction of sp³-hybridized carbons (Fsp3) is 0.174. The van der Waals surface area contributed by atoms with E-state index in [-0.39, 0.29) is 5.69 Å². The van der Waals surface area contributed by atoms with Crippen LogP contribution in [0.2, 0.25) is 0 Å². The van der Waals surface area contributed by atoms with Crippen LogP contribution >= 0.6 is 0 Å². The number of fused-ring (bicyclic) bond motifs is 1. The number of hydrogen-bond acceptors (Lipinski definition) is 5. The molecule has 4 aromatic rings. The summed E-state index contributed by atoms with van der Waals surface area (Å²) in [6, 6.07) is 19.4. The number of benzene rings is 1. The van der Waals surface area contributed by atoms with Gasteiger partial charge in [0.25, 0.3) is 0 Å². The molecule has 0 aliphatic rings. The molecule has 158 valence electrons. The van der Waals surface area contributed by atoms with Crippen molar-refractivity contribution >= 4 is 23.1 Å². The summed E-state index contributed by atoms with van der Waals surface area (Å²) in [5, 5.41) is 14.1. The largest absolute Gasteiger partial charge is 0.477 e. The summed E-state index contributed by atoms with van der Waals surface area (Å²) in [5.41, 5.74) is 6.01. The highest BCUT2D eigenvalue weighted by Gasteiger charge is 2.16. The molecule has 3 heterocycles. The van der Waals surface area contributed by atoms with Crippen LogP contribution in [0, 0.1) is 0 Å². The molecule has 0 bridgehead atoms. The van der Waals surface area contributed by atoms with E-state index in [0.29, 0.717) is 12.1 Å². The molecule has 0 spiro atoms. The first kappa shape index (κ1) is 22.0. The lowest BCUT2D eigenvalue weighted by molar-refractivity contribution is 0.0690. The van der Waals surface area contributed by atoms with E-state index in [1.807, 2.05) is 40.9 Å². The van der Waals surface area contributed by atoms with Gasteiger partial charge in [0.05, 0.1) is 11.2 Å². The average Bonchev–Trinajstić information content (AvgIpc) is 3.13. The maximum atomic E-state index is 11.3. The van der Waals surface area contributed by atoms with E-state index in [4.69, 9.17) is 13.5 Å². The zero-order valence-corrected chi connectivity index (χ0v) is 17.7. The van der Waals surface area contributed by atoms with Gasteiger partial charge in [-0.2, -0.15) is 13.5 Å². The van der Waals surface area contributed by atoms with Crippen molar-refractivity contribution in [2.24, 2.45) is 0 Å². The van der Waals surface area contributed by atoms with Gasteiger partial charge in [-0.3, -0.25) is 0 Å². The molecule has 4 rings (SSSR count). The SMILES string of the molecule is CCCc1ccc2c(Cc3cccc(C(=O)O)n3)c(-c3ccccc3)nn2c1.O=S=O. The van der Waals surface area contributed by atoms with Gasteiger partial charge in [0.15, 0.2) is 0 Å². The lowest BCUT2D eigenvalue weighted by Crippen LogP contribution is -2.03. The van der Waals surface area contributed by atoms with Crippen LogP contribution < -0.4 is 0 Å². The number of carbonyl (C=O) groups is 1. The van der Waals surface area contributed by atoms with E-state index < -0.39 is 17.5 Å². The van der Waals surface area contributed by atoms with Crippen molar-refractivity contribution in [2.75, 3.05) is 0 Å². The highest BCUT2D eigenvalue weighted by atomic mass is 32.1. The summed E-state index contributed by atoms with van der Waals surface area (Å²) in [7, 11) is 0. The number of rotatable bonds is 6. The zero-order chi connectivity index (χ0) is 22.2. The summed E-state index contributed by atoms with van der Waals surface area (Å²) in [6.45, 7) is 2.16. The van der Waals surface area contributed by atoms with Crippen LogP contribution in [0.25, 0.3) is 16.8 Å². The van der Waals surface area contributed by atoms with Crippen LogP contribution in [0.5, 0.6) is 0 Å². The van der Waals surface area contributed by atoms with Crippen molar-refractivity contribution in [3.05, 3.63) is 89.4 Å². The van der Waals surface area contributed by atoms with Crippen molar-refractivity contribution in [1.29, 1.82) is 0 Å². The second-order valence-electron chi connectivity index (χ2n) is 6.87. The fourth-order valence-electron chi connectivity index (χ4n) is 3.46. The summed E-state index contributed by atoms with van der Waals surface area (Å²) in [5.74, 6) is -1.02. The molecule has 0 saturated heterocycles. The maximum absolute atomic E-state index is 11.3. The van der Waals surface area contributed by atoms with Crippen molar-refractivity contribution in [2.45, 2.75) is 26.2 Å². The van der Waals surface area contributed by atoms with Gasteiger partial charge in [0, 0.05) is 29.4 Å². The molecule has 3 aromatic heterocycles. The number of carboxylic acids is 1. The monoisotopic (exact) mass is 435 g/mol. The molecule has 0 aliphatic carbocycles. The molecule has 1 N–H and O–H groups in total. The van der Waals surface area contributed by atoms with E-state index in [1.165, 1.54) is 11.6 Å². The highest BCUT2D eigenvalue weighted by Crippen LogP contribution is 2.28. The Labute approximate surface area is 183 Å². The Kier molecular flexibility index (Phi) is 7.40. The minimum absolute atomic E-state index is 0.0560. The first-order valence-corrected chi connectivity index (χ1v) is 10.4. The molecule has 0 aliphatic heterocycles. The Hall–Kier alpha value is -3.65. The number of aromatic carboxylic acids is 1. The van der Waals surface area contributed by atoms with E-state index in [1.54, 1.807) is 6.07 Å². The summed E-state index contributed by atoms with van der Waals surface area (Å²) < 4.78 is 18.5. The van der Waals surface area contributed by atoms with Gasteiger partial charge in [-0.05, 0) is 30.2 Å². The smallest absolute Gasteiger partial charge is 0.354 e. The van der Waals surface area contributed by atoms with Gasteiger partial charge in [-0.1, -0.05) is 55.8 Å². The molecule has 0 saturated carbocycles. The van der Waals surface area contributed by atoms with Crippen LogP contribution in [0.15, 0.2) is 66.9 Å². The van der Waals surface area contributed by atoms with E-state index in [2.05, 4.69) is 30.2 Å². The topological polar surface area (TPSA) is 102 Å². The van der Waals surface area contributed by atoms with E-state index >= 15 is 0 Å². The molecule has 0 fully saturated rings. The first-order valence-electron chi connectivity index (χ1n) is 9.74. The number of aromatic nitrogens is 3. The maximum Gasteiger partial charge on any atom is 0.354 e. The van der Waals surface area contributed by atoms with Gasteiger partial charge in [-0.25, -0.2) is 14.3 Å². The Morgan fingerprint density at radius 2 is 1.77 bits per heavy atom. The molecule has 0 atom stereocenters. The predicted octanol–water partition coefficient (Wildman–Crippen LogP) is 3.97. The molecular weight excluding hydrogens is 414 g/mol. The Morgan fingerprint density at radius 3 is 2.45 bits per heavy atom. The van der Waals surface area contributed by atoms with Crippen molar-refractivity contribution in [3.63, 3.8) is 0 Å². The Balaban J connectivity index is 0.000000858. The number of nitrogens with zero attached hydrogens (tertiary/aromatic N) is 3. The van der Waals surface area contributed by atoms with Gasteiger partial charge in [0.2, 0.25) is 0 Å². The van der Waals surface area contributed by atoms with E-state index in [0.717, 1.165) is 35.2 Å². The number of carboxylic acid groups (broad SMARTS) is 1. The third-order valence-corrected chi connectivity index (χ3v) is 4.76. The minimum Gasteiger partial charge on any atom is -0.477 e. The molecule has 0 amide bonds. The second kappa shape index (κ2) is 10.4. The van der Waals surface area contributed by atoms with Gasteiger partial charge in [-0.15, -0.1) is 0 Å². The van der Waals surface area contributed by atoms with Crippen LogP contribution in [-0.2, 0) is 24.4 Å². The lowest BCUT2D eigenvalue weighted by atomic mass is 10.0. The van der Waals surface area contributed by atoms with Crippen molar-refractivity contribution in [1.82, 2.24) is 14.6 Å². The third kappa shape index (κ3) is 5.29. The second-order valence-corrected chi connectivity index (χ2v) is 7.01. The number of pyridine rings is 2. The van der Waals surface area contributed by atoms with Gasteiger partial charge >= 0.3 is 17.5 Å². The summed E-state index contributed by atoms with van der Waals surface area (Å²) >= 11 is -0.750. The predicted molar refractivity (Wildman–Crippen MR) is 118 cm³/mol. The molecule has 31 heavy (non-hydrogen) atoms. The Morgan fingerprint density at radius 1 is 1.03 bits per heavy atom. The summed E-state index contributed by atoms with van der Waals surface area (Å²) in [4.78, 5) is 15.6. The standard InChI is InChI=1S/C23H21N3O2.O2S/c1-2-7-16-12-13-21-19(14-18-10-6-11-20(24-18)23(27)28)22(25-26(21)15-16)17-8-4-3-5-9-17;1-3-2/h3-6,8-13,15H,2,7,14H2,1H3,(H,27,28);. The number of hydrogen-bond donors (Lipinski definition) is 1. The average molecular weight is 436 g/mol. The van der Waals surface area contributed by atoms with Crippen LogP contribution in [0.1, 0.15) is 40.7 Å². The summed E-state index contributed by atoms with van der Waals surface area (Å²) in [6.07, 6.45) is 4.68. The quantitative estimate of drug-likeness (QED) is 0.492. The normalized spacial score (nSPS) is 10.4. The lowest BCUT2D eigenvalue weighted by Gasteiger charge is -2.05. The minimum atomic E-state index is -1.02. The zero-order valence-electron chi connectivity index (χ0n) is 16.9. The fourth-order valence-corrected chi connectivity index (χ4v) is 3.46. The molecule has 0 radical (unpaired) electrons. The molecule has 1 aromatic carbocycles. The van der Waals surface area contributed by atoms with Crippen LogP contribution in [0.4, 0.5) is 0 Å². The van der Waals surface area contributed by atoms with Crippen LogP contribution in [0.3, 0.4) is 0 Å². The van der Waals surface area contributed by atoms with Crippen LogP contribution in [-0.4, -0.2) is 34.1 Å². The third-order valence-electron chi connectivity index (χ3n) is 4.76. The molecule has 0 unspecified atom stereocenters. The first-order chi connectivity index (χ1) is 15.1. The molecule has 8 heteroatoms. The van der Waals surface area contributed by atoms with Crippen molar-refractivity contribution < 1.29 is 18.3 Å². The van der Waals surface area contributed by atoms with E-state index in [9.17, 15) is 9.90 Å². The highest BCUT2D eigenvalue weighted by molar-refractivity contribution is 7.51. The van der Waals surface area contributed by atoms with Gasteiger partial charge < -0.3 is 5.11 Å². The van der Waals surface area contributed by atoms with Gasteiger partial charge in [0.1, 0.15) is 5.69 Å². The van der Waals surface area contributed by atoms with Crippen molar-refractivity contribution in [3.8, 4) is 11.3 Å². The molecular formula is C23H21N3O4S. The molecule has 7 nitrogen and oxygen atoms in total. The Bertz CT molecular complexity index is 1230. The number of aryl methyl sites for hydroxylation is 1.